The molecule has 12 heavy (non-hydrogen) atoms. The molecule has 0 aromatic heterocycles. The first-order valence-electron chi connectivity index (χ1n) is 3.66. The van der Waals surface area contributed by atoms with Gasteiger partial charge in [0.2, 0.25) is 6.79 Å². The van der Waals surface area contributed by atoms with Crippen LogP contribution in [0.1, 0.15) is 5.56 Å². The van der Waals surface area contributed by atoms with E-state index in [1.54, 1.807) is 13.7 Å². The van der Waals surface area contributed by atoms with Crippen LogP contribution in [-0.2, 0) is 4.74 Å². The molecule has 2 rings (SSSR count). The number of hydrogen-bond donors (Lipinski definition) is 0. The van der Waals surface area contributed by atoms with Crippen LogP contribution in [0.25, 0.3) is 0 Å². The summed E-state index contributed by atoms with van der Waals surface area (Å²) in [5, 5.41) is 0. The van der Waals surface area contributed by atoms with E-state index >= 15 is 0 Å². The van der Waals surface area contributed by atoms with Crippen LogP contribution in [0.15, 0.2) is 18.2 Å². The number of ether oxygens (including phenoxy) is 3. The van der Waals surface area contributed by atoms with E-state index in [9.17, 15) is 0 Å². The van der Waals surface area contributed by atoms with Crippen LogP contribution in [0.2, 0.25) is 0 Å². The number of methoxy groups -OCH3 is 1. The molecule has 0 bridgehead atoms. The molecule has 0 N–H and O–H groups in total. The standard InChI is InChI=1S/C9H9O3/c1-10-5-7-2-3-8-9(4-7)12-6-11-8/h2-5H,6H2,1H3. The van der Waals surface area contributed by atoms with Gasteiger partial charge in [0.15, 0.2) is 11.5 Å². The zero-order valence-electron chi connectivity index (χ0n) is 6.74. The maximum atomic E-state index is 5.19. The molecule has 1 heterocycles. The summed E-state index contributed by atoms with van der Waals surface area (Å²) in [5.74, 6) is 1.57. The lowest BCUT2D eigenvalue weighted by atomic mass is 10.2. The molecule has 0 saturated heterocycles. The predicted octanol–water partition coefficient (Wildman–Crippen LogP) is 1.57. The minimum atomic E-state index is 0.311. The first-order chi connectivity index (χ1) is 5.90. The van der Waals surface area contributed by atoms with E-state index in [0.29, 0.717) is 6.79 Å². The van der Waals surface area contributed by atoms with Crippen molar-refractivity contribution in [3.8, 4) is 11.5 Å². The molecule has 0 atom stereocenters. The number of fused-ring (bicyclic) bond motifs is 1. The molecule has 1 aromatic carbocycles. The Morgan fingerprint density at radius 2 is 2.17 bits per heavy atom. The Labute approximate surface area is 70.9 Å². The average molecular weight is 165 g/mol. The summed E-state index contributed by atoms with van der Waals surface area (Å²) in [6, 6.07) is 5.66. The number of benzene rings is 1. The van der Waals surface area contributed by atoms with E-state index in [1.165, 1.54) is 0 Å². The molecular weight excluding hydrogens is 156 g/mol. The lowest BCUT2D eigenvalue weighted by molar-refractivity contribution is 0.174. The normalized spacial score (nSPS) is 13.4. The second-order valence-corrected chi connectivity index (χ2v) is 2.47. The van der Waals surface area contributed by atoms with Crippen LogP contribution in [0.3, 0.4) is 0 Å². The van der Waals surface area contributed by atoms with Crippen molar-refractivity contribution in [1.82, 2.24) is 0 Å². The van der Waals surface area contributed by atoms with Crippen LogP contribution in [0, 0.1) is 6.61 Å². The molecule has 0 fully saturated rings. The Balaban J connectivity index is 2.26. The van der Waals surface area contributed by atoms with Gasteiger partial charge in [-0.05, 0) is 17.7 Å². The van der Waals surface area contributed by atoms with Crippen molar-refractivity contribution in [3.63, 3.8) is 0 Å². The Morgan fingerprint density at radius 1 is 1.33 bits per heavy atom. The molecule has 3 nitrogen and oxygen atoms in total. The van der Waals surface area contributed by atoms with Crippen LogP contribution < -0.4 is 9.47 Å². The van der Waals surface area contributed by atoms with E-state index in [2.05, 4.69) is 0 Å². The van der Waals surface area contributed by atoms with Gasteiger partial charge in [-0.25, -0.2) is 0 Å². The molecule has 63 valence electrons. The third-order valence-electron chi connectivity index (χ3n) is 1.65. The van der Waals surface area contributed by atoms with Gasteiger partial charge in [-0.2, -0.15) is 0 Å². The van der Waals surface area contributed by atoms with Gasteiger partial charge in [-0.1, -0.05) is 6.07 Å². The van der Waals surface area contributed by atoms with Crippen molar-refractivity contribution >= 4 is 0 Å². The molecule has 0 saturated carbocycles. The largest absolute Gasteiger partial charge is 0.454 e. The van der Waals surface area contributed by atoms with Crippen molar-refractivity contribution in [2.24, 2.45) is 0 Å². The first-order valence-corrected chi connectivity index (χ1v) is 3.66. The van der Waals surface area contributed by atoms with Gasteiger partial charge >= 0.3 is 0 Å². The van der Waals surface area contributed by atoms with Gasteiger partial charge in [0.25, 0.3) is 0 Å². The molecule has 0 amide bonds. The summed E-state index contributed by atoms with van der Waals surface area (Å²) in [6.07, 6.45) is 0. The van der Waals surface area contributed by atoms with Crippen LogP contribution in [-0.4, -0.2) is 13.9 Å². The predicted molar refractivity (Wildman–Crippen MR) is 43.0 cm³/mol. The Kier molecular flexibility index (Phi) is 1.87. The highest BCUT2D eigenvalue weighted by Crippen LogP contribution is 2.32. The third-order valence-corrected chi connectivity index (χ3v) is 1.65. The van der Waals surface area contributed by atoms with E-state index in [0.717, 1.165) is 17.1 Å². The van der Waals surface area contributed by atoms with Gasteiger partial charge in [-0.15, -0.1) is 0 Å². The molecular formula is C9H9O3. The molecule has 1 aliphatic rings. The fraction of sp³-hybridized carbons (Fsp3) is 0.222. The summed E-state index contributed by atoms with van der Waals surface area (Å²) < 4.78 is 15.2. The van der Waals surface area contributed by atoms with E-state index < -0.39 is 0 Å². The maximum absolute atomic E-state index is 5.19. The van der Waals surface area contributed by atoms with Crippen LogP contribution in [0.4, 0.5) is 0 Å². The summed E-state index contributed by atoms with van der Waals surface area (Å²) in [7, 11) is 1.62. The molecule has 1 aromatic rings. The minimum absolute atomic E-state index is 0.311. The molecule has 0 spiro atoms. The summed E-state index contributed by atoms with van der Waals surface area (Å²) in [5.41, 5.74) is 0.974. The van der Waals surface area contributed by atoms with Crippen molar-refractivity contribution in [3.05, 3.63) is 30.4 Å². The lowest BCUT2D eigenvalue weighted by Gasteiger charge is -1.99. The Hall–Kier alpha value is -1.22. The zero-order chi connectivity index (χ0) is 8.39. The van der Waals surface area contributed by atoms with Crippen molar-refractivity contribution in [2.45, 2.75) is 0 Å². The Bertz CT molecular complexity index is 283. The smallest absolute Gasteiger partial charge is 0.231 e. The maximum Gasteiger partial charge on any atom is 0.231 e. The lowest BCUT2D eigenvalue weighted by Crippen LogP contribution is -1.92. The second-order valence-electron chi connectivity index (χ2n) is 2.47. The fourth-order valence-electron chi connectivity index (χ4n) is 1.12. The average Bonchev–Trinajstić information content (AvgIpc) is 2.51. The van der Waals surface area contributed by atoms with E-state index in [4.69, 9.17) is 14.2 Å². The highest BCUT2D eigenvalue weighted by atomic mass is 16.7. The zero-order valence-corrected chi connectivity index (χ0v) is 6.74. The SMILES string of the molecule is CO[CH]c1ccc2c(c1)OCO2. The van der Waals surface area contributed by atoms with Crippen LogP contribution >= 0.6 is 0 Å². The second kappa shape index (κ2) is 3.03. The van der Waals surface area contributed by atoms with Gasteiger partial charge in [-0.3, -0.25) is 0 Å². The molecule has 1 radical (unpaired) electrons. The van der Waals surface area contributed by atoms with Crippen molar-refractivity contribution in [2.75, 3.05) is 13.9 Å². The first kappa shape index (κ1) is 7.43. The van der Waals surface area contributed by atoms with E-state index in [-0.39, 0.29) is 0 Å². The van der Waals surface area contributed by atoms with Crippen molar-refractivity contribution < 1.29 is 14.2 Å². The van der Waals surface area contributed by atoms with Crippen molar-refractivity contribution in [1.29, 1.82) is 0 Å². The highest BCUT2D eigenvalue weighted by molar-refractivity contribution is 5.45. The topological polar surface area (TPSA) is 27.7 Å². The molecule has 0 unspecified atom stereocenters. The Morgan fingerprint density at radius 3 is 3.00 bits per heavy atom. The number of hydrogen-bond acceptors (Lipinski definition) is 3. The summed E-state index contributed by atoms with van der Waals surface area (Å²) in [4.78, 5) is 0. The fourth-order valence-corrected chi connectivity index (χ4v) is 1.12. The van der Waals surface area contributed by atoms with Crippen LogP contribution in [0.5, 0.6) is 11.5 Å². The molecule has 0 aliphatic carbocycles. The highest BCUT2D eigenvalue weighted by Gasteiger charge is 2.12. The minimum Gasteiger partial charge on any atom is -0.454 e. The van der Waals surface area contributed by atoms with Gasteiger partial charge in [0.1, 0.15) is 6.61 Å². The van der Waals surface area contributed by atoms with Gasteiger partial charge in [0.05, 0.1) is 0 Å². The third kappa shape index (κ3) is 1.23. The molecule has 1 aliphatic heterocycles. The number of rotatable bonds is 2. The summed E-state index contributed by atoms with van der Waals surface area (Å²) in [6.45, 7) is 1.97. The quantitative estimate of drug-likeness (QED) is 0.665. The summed E-state index contributed by atoms with van der Waals surface area (Å²) >= 11 is 0. The van der Waals surface area contributed by atoms with Gasteiger partial charge < -0.3 is 14.2 Å². The van der Waals surface area contributed by atoms with Gasteiger partial charge in [0, 0.05) is 7.11 Å². The monoisotopic (exact) mass is 165 g/mol. The van der Waals surface area contributed by atoms with E-state index in [1.807, 2.05) is 18.2 Å². The molecule has 3 heteroatoms.